The average Bonchev–Trinajstić information content (AvgIpc) is 2.57. The van der Waals surface area contributed by atoms with Gasteiger partial charge in [-0.2, -0.15) is 10.1 Å². The van der Waals surface area contributed by atoms with E-state index in [0.29, 0.717) is 18.3 Å². The van der Waals surface area contributed by atoms with E-state index in [4.69, 9.17) is 0 Å². The van der Waals surface area contributed by atoms with Crippen LogP contribution in [0, 0.1) is 12.7 Å². The molecule has 0 bridgehead atoms. The highest BCUT2D eigenvalue weighted by atomic mass is 19.1. The Balaban J connectivity index is 1.57. The van der Waals surface area contributed by atoms with E-state index in [9.17, 15) is 4.39 Å². The van der Waals surface area contributed by atoms with Crippen molar-refractivity contribution < 1.29 is 4.39 Å². The number of benzene rings is 2. The molecule has 3 rings (SSSR count). The van der Waals surface area contributed by atoms with Crippen LogP contribution in [0.3, 0.4) is 0 Å². The van der Waals surface area contributed by atoms with Crippen LogP contribution in [0.1, 0.15) is 11.1 Å². The number of hydrogen-bond acceptors (Lipinski definition) is 5. The third-order valence-electron chi connectivity index (χ3n) is 3.46. The molecular formula is C18H18FN5. The summed E-state index contributed by atoms with van der Waals surface area (Å²) >= 11 is 0. The lowest BCUT2D eigenvalue weighted by Crippen LogP contribution is -2.09. The molecule has 1 heterocycles. The molecular weight excluding hydrogens is 305 g/mol. The molecule has 0 amide bonds. The van der Waals surface area contributed by atoms with Crippen molar-refractivity contribution >= 4 is 17.5 Å². The van der Waals surface area contributed by atoms with Gasteiger partial charge >= 0.3 is 0 Å². The smallest absolute Gasteiger partial charge is 0.244 e. The standard InChI is InChI=1S/C18H18FN5/c1-13-3-2-4-16(11-13)22-17-12-21-24-18(23-17)20-10-9-14-5-7-15(19)8-6-14/h2-8,11-12H,9-10H2,1H3,(H2,20,22,23,24). The van der Waals surface area contributed by atoms with E-state index >= 15 is 0 Å². The topological polar surface area (TPSA) is 62.7 Å². The number of anilines is 3. The van der Waals surface area contributed by atoms with Crippen LogP contribution in [0.4, 0.5) is 21.8 Å². The maximum Gasteiger partial charge on any atom is 0.244 e. The van der Waals surface area contributed by atoms with Crippen molar-refractivity contribution in [3.63, 3.8) is 0 Å². The minimum Gasteiger partial charge on any atom is -0.353 e. The predicted molar refractivity (Wildman–Crippen MR) is 92.9 cm³/mol. The lowest BCUT2D eigenvalue weighted by molar-refractivity contribution is 0.627. The summed E-state index contributed by atoms with van der Waals surface area (Å²) in [6.45, 7) is 2.67. The average molecular weight is 323 g/mol. The van der Waals surface area contributed by atoms with Gasteiger partial charge in [-0.1, -0.05) is 24.3 Å². The number of aryl methyl sites for hydroxylation is 1. The van der Waals surface area contributed by atoms with Crippen molar-refractivity contribution in [1.82, 2.24) is 15.2 Å². The van der Waals surface area contributed by atoms with Crippen LogP contribution in [0.25, 0.3) is 0 Å². The van der Waals surface area contributed by atoms with Crippen molar-refractivity contribution in [3.8, 4) is 0 Å². The van der Waals surface area contributed by atoms with Gasteiger partial charge in [-0.05, 0) is 48.7 Å². The largest absolute Gasteiger partial charge is 0.353 e. The molecule has 0 atom stereocenters. The van der Waals surface area contributed by atoms with E-state index in [1.165, 1.54) is 17.7 Å². The number of aromatic nitrogens is 3. The van der Waals surface area contributed by atoms with Crippen molar-refractivity contribution in [3.05, 3.63) is 71.7 Å². The number of hydrogen-bond donors (Lipinski definition) is 2. The molecule has 0 fully saturated rings. The molecule has 0 unspecified atom stereocenters. The summed E-state index contributed by atoms with van der Waals surface area (Å²) in [4.78, 5) is 4.39. The zero-order valence-electron chi connectivity index (χ0n) is 13.3. The molecule has 5 nitrogen and oxygen atoms in total. The van der Waals surface area contributed by atoms with Gasteiger partial charge in [0.15, 0.2) is 5.82 Å². The number of rotatable bonds is 6. The SMILES string of the molecule is Cc1cccc(Nc2cnnc(NCCc3ccc(F)cc3)n2)c1. The Morgan fingerprint density at radius 3 is 2.71 bits per heavy atom. The first-order valence-electron chi connectivity index (χ1n) is 7.71. The Bertz CT molecular complexity index is 805. The van der Waals surface area contributed by atoms with Crippen LogP contribution in [0.5, 0.6) is 0 Å². The monoisotopic (exact) mass is 323 g/mol. The fourth-order valence-corrected chi connectivity index (χ4v) is 2.28. The van der Waals surface area contributed by atoms with Crippen molar-refractivity contribution in [2.75, 3.05) is 17.2 Å². The van der Waals surface area contributed by atoms with Gasteiger partial charge in [-0.15, -0.1) is 5.10 Å². The van der Waals surface area contributed by atoms with Gasteiger partial charge in [0.2, 0.25) is 5.95 Å². The minimum atomic E-state index is -0.228. The Hall–Kier alpha value is -3.02. The predicted octanol–water partition coefficient (Wildman–Crippen LogP) is 3.72. The van der Waals surface area contributed by atoms with E-state index in [2.05, 4.69) is 25.8 Å². The van der Waals surface area contributed by atoms with Gasteiger partial charge in [0.05, 0.1) is 6.20 Å². The van der Waals surface area contributed by atoms with Crippen LogP contribution in [0.15, 0.2) is 54.7 Å². The highest BCUT2D eigenvalue weighted by Gasteiger charge is 2.02. The first-order chi connectivity index (χ1) is 11.7. The second kappa shape index (κ2) is 7.50. The fourth-order valence-electron chi connectivity index (χ4n) is 2.28. The van der Waals surface area contributed by atoms with Crippen LogP contribution < -0.4 is 10.6 Å². The second-order valence-corrected chi connectivity index (χ2v) is 5.46. The van der Waals surface area contributed by atoms with Gasteiger partial charge in [0.25, 0.3) is 0 Å². The van der Waals surface area contributed by atoms with Gasteiger partial charge in [0.1, 0.15) is 5.82 Å². The molecule has 6 heteroatoms. The van der Waals surface area contributed by atoms with Crippen LogP contribution >= 0.6 is 0 Å². The zero-order valence-corrected chi connectivity index (χ0v) is 13.3. The quantitative estimate of drug-likeness (QED) is 0.724. The van der Waals surface area contributed by atoms with Crippen LogP contribution in [0.2, 0.25) is 0 Å². The lowest BCUT2D eigenvalue weighted by Gasteiger charge is -2.08. The molecule has 0 radical (unpaired) electrons. The first-order valence-corrected chi connectivity index (χ1v) is 7.71. The van der Waals surface area contributed by atoms with Gasteiger partial charge in [0, 0.05) is 12.2 Å². The molecule has 2 aromatic carbocycles. The number of halogens is 1. The summed E-state index contributed by atoms with van der Waals surface area (Å²) in [5.41, 5.74) is 3.17. The second-order valence-electron chi connectivity index (χ2n) is 5.46. The van der Waals surface area contributed by atoms with E-state index < -0.39 is 0 Å². The molecule has 0 aliphatic heterocycles. The molecule has 0 saturated heterocycles. The first kappa shape index (κ1) is 15.9. The molecule has 122 valence electrons. The van der Waals surface area contributed by atoms with E-state index in [-0.39, 0.29) is 5.82 Å². The van der Waals surface area contributed by atoms with Crippen molar-refractivity contribution in [2.24, 2.45) is 0 Å². The molecule has 2 N–H and O–H groups in total. The molecule has 24 heavy (non-hydrogen) atoms. The van der Waals surface area contributed by atoms with Crippen molar-refractivity contribution in [2.45, 2.75) is 13.3 Å². The van der Waals surface area contributed by atoms with E-state index in [0.717, 1.165) is 17.7 Å². The molecule has 0 aliphatic carbocycles. The van der Waals surface area contributed by atoms with Crippen LogP contribution in [-0.2, 0) is 6.42 Å². The third-order valence-corrected chi connectivity index (χ3v) is 3.46. The molecule has 0 spiro atoms. The molecule has 0 saturated carbocycles. The maximum absolute atomic E-state index is 12.9. The summed E-state index contributed by atoms with van der Waals surface area (Å²) < 4.78 is 12.9. The Labute approximate surface area is 140 Å². The summed E-state index contributed by atoms with van der Waals surface area (Å²) in [7, 11) is 0. The van der Waals surface area contributed by atoms with Gasteiger partial charge in [-0.25, -0.2) is 4.39 Å². The number of nitrogens with one attached hydrogen (secondary N) is 2. The van der Waals surface area contributed by atoms with Gasteiger partial charge in [-0.3, -0.25) is 0 Å². The Morgan fingerprint density at radius 1 is 1.08 bits per heavy atom. The number of nitrogens with zero attached hydrogens (tertiary/aromatic N) is 3. The van der Waals surface area contributed by atoms with E-state index in [1.807, 2.05) is 31.2 Å². The highest BCUT2D eigenvalue weighted by Crippen LogP contribution is 2.15. The van der Waals surface area contributed by atoms with E-state index in [1.54, 1.807) is 18.3 Å². The molecule has 1 aromatic heterocycles. The lowest BCUT2D eigenvalue weighted by atomic mass is 10.1. The Morgan fingerprint density at radius 2 is 1.92 bits per heavy atom. The summed E-state index contributed by atoms with van der Waals surface area (Å²) in [5, 5.41) is 14.3. The zero-order chi connectivity index (χ0) is 16.8. The van der Waals surface area contributed by atoms with Crippen molar-refractivity contribution in [1.29, 1.82) is 0 Å². The summed E-state index contributed by atoms with van der Waals surface area (Å²) in [6.07, 6.45) is 2.33. The fraction of sp³-hybridized carbons (Fsp3) is 0.167. The Kier molecular flexibility index (Phi) is 4.96. The summed E-state index contributed by atoms with van der Waals surface area (Å²) in [6, 6.07) is 14.5. The third kappa shape index (κ3) is 4.49. The molecule has 3 aromatic rings. The van der Waals surface area contributed by atoms with Gasteiger partial charge < -0.3 is 10.6 Å². The maximum atomic E-state index is 12.9. The minimum absolute atomic E-state index is 0.228. The normalized spacial score (nSPS) is 10.4. The highest BCUT2D eigenvalue weighted by molar-refractivity contribution is 5.56. The summed E-state index contributed by atoms with van der Waals surface area (Å²) in [5.74, 6) is 0.851. The molecule has 0 aliphatic rings. The van der Waals surface area contributed by atoms with Crippen LogP contribution in [-0.4, -0.2) is 21.7 Å².